The fourth-order valence-electron chi connectivity index (χ4n) is 3.01. The minimum absolute atomic E-state index is 0.128. The second-order valence-corrected chi connectivity index (χ2v) is 9.23. The highest BCUT2D eigenvalue weighted by molar-refractivity contribution is 7.99. The maximum absolute atomic E-state index is 11.9. The molecule has 0 fully saturated rings. The summed E-state index contributed by atoms with van der Waals surface area (Å²) in [5, 5.41) is 0.839. The molecule has 0 radical (unpaired) electrons. The largest absolute Gasteiger partial charge is 0.494 e. The molecule has 176 valence electrons. The lowest BCUT2D eigenvalue weighted by molar-refractivity contribution is -0.153. The van der Waals surface area contributed by atoms with E-state index in [9.17, 15) is 4.79 Å². The lowest BCUT2D eigenvalue weighted by Gasteiger charge is -2.21. The first-order valence-electron chi connectivity index (χ1n) is 11.4. The first-order chi connectivity index (χ1) is 15.5. The first kappa shape index (κ1) is 26.0. The molecule has 6 nitrogen and oxygen atoms in total. The molecule has 1 aromatic carbocycles. The number of hydrogen-bond acceptors (Lipinski definition) is 7. The van der Waals surface area contributed by atoms with Crippen molar-refractivity contribution in [2.45, 2.75) is 64.5 Å². The van der Waals surface area contributed by atoms with E-state index in [-0.39, 0.29) is 5.97 Å². The second kappa shape index (κ2) is 14.7. The van der Waals surface area contributed by atoms with Crippen LogP contribution >= 0.6 is 11.8 Å². The minimum Gasteiger partial charge on any atom is -0.494 e. The Morgan fingerprint density at radius 2 is 1.50 bits per heavy atom. The van der Waals surface area contributed by atoms with Crippen molar-refractivity contribution in [3.8, 4) is 11.5 Å². The van der Waals surface area contributed by atoms with Crippen LogP contribution in [0.25, 0.3) is 0 Å². The first-order valence-corrected chi connectivity index (χ1v) is 12.4. The summed E-state index contributed by atoms with van der Waals surface area (Å²) in [6.07, 6.45) is 9.42. The van der Waals surface area contributed by atoms with Gasteiger partial charge >= 0.3 is 5.97 Å². The highest BCUT2D eigenvalue weighted by Crippen LogP contribution is 2.25. The van der Waals surface area contributed by atoms with Crippen molar-refractivity contribution in [1.82, 2.24) is 9.97 Å². The van der Waals surface area contributed by atoms with Gasteiger partial charge in [0, 0.05) is 18.1 Å². The summed E-state index contributed by atoms with van der Waals surface area (Å²) in [7, 11) is 0. The van der Waals surface area contributed by atoms with Crippen LogP contribution < -0.4 is 9.47 Å². The number of esters is 1. The fraction of sp³-hybridized carbons (Fsp3) is 0.560. The van der Waals surface area contributed by atoms with E-state index in [0.717, 1.165) is 60.9 Å². The standard InChI is InChI=1S/C25H36N2O4S/c1-4-29-23(28)25(2,3)15-6-8-19-31-22-13-11-21(12-14-22)30-18-7-5-9-20-32-24-26-16-10-17-27-24/h10-14,16-17H,4-9,15,18-20H2,1-3H3. The lowest BCUT2D eigenvalue weighted by Crippen LogP contribution is -2.26. The average Bonchev–Trinajstić information content (AvgIpc) is 2.80. The normalized spacial score (nSPS) is 11.2. The molecule has 0 aliphatic rings. The summed E-state index contributed by atoms with van der Waals surface area (Å²) in [5.74, 6) is 2.59. The van der Waals surface area contributed by atoms with Crippen LogP contribution in [0.3, 0.4) is 0 Å². The van der Waals surface area contributed by atoms with Crippen molar-refractivity contribution < 1.29 is 19.0 Å². The molecular weight excluding hydrogens is 424 g/mol. The number of hydrogen-bond donors (Lipinski definition) is 0. The number of carbonyl (C=O) groups excluding carboxylic acids is 1. The van der Waals surface area contributed by atoms with Gasteiger partial charge in [0.25, 0.3) is 0 Å². The Kier molecular flexibility index (Phi) is 11.9. The van der Waals surface area contributed by atoms with Crippen molar-refractivity contribution in [2.75, 3.05) is 25.6 Å². The van der Waals surface area contributed by atoms with E-state index in [2.05, 4.69) is 9.97 Å². The van der Waals surface area contributed by atoms with Crippen molar-refractivity contribution >= 4 is 17.7 Å². The van der Waals surface area contributed by atoms with E-state index < -0.39 is 5.41 Å². The van der Waals surface area contributed by atoms with E-state index in [0.29, 0.717) is 19.8 Å². The zero-order valence-corrected chi connectivity index (χ0v) is 20.4. The second-order valence-electron chi connectivity index (χ2n) is 8.17. The number of ether oxygens (including phenoxy) is 3. The molecule has 0 amide bonds. The van der Waals surface area contributed by atoms with E-state index in [1.807, 2.05) is 51.1 Å². The Labute approximate surface area is 196 Å². The number of thioether (sulfide) groups is 1. The van der Waals surface area contributed by atoms with Gasteiger partial charge in [-0.3, -0.25) is 4.79 Å². The molecule has 32 heavy (non-hydrogen) atoms. The smallest absolute Gasteiger partial charge is 0.311 e. The molecule has 0 N–H and O–H groups in total. The summed E-state index contributed by atoms with van der Waals surface area (Å²) in [4.78, 5) is 20.3. The molecule has 0 saturated carbocycles. The van der Waals surface area contributed by atoms with Crippen LogP contribution in [0, 0.1) is 5.41 Å². The van der Waals surface area contributed by atoms with Gasteiger partial charge in [-0.2, -0.15) is 0 Å². The maximum Gasteiger partial charge on any atom is 0.311 e. The number of carbonyl (C=O) groups is 1. The minimum atomic E-state index is -0.440. The van der Waals surface area contributed by atoms with Crippen molar-refractivity contribution in [3.63, 3.8) is 0 Å². The van der Waals surface area contributed by atoms with Gasteiger partial charge in [0.1, 0.15) is 11.5 Å². The third-order valence-corrected chi connectivity index (χ3v) is 5.91. The quantitative estimate of drug-likeness (QED) is 0.132. The van der Waals surface area contributed by atoms with Crippen LogP contribution in [0.4, 0.5) is 0 Å². The zero-order valence-electron chi connectivity index (χ0n) is 19.5. The summed E-state index contributed by atoms with van der Waals surface area (Å²) < 4.78 is 16.7. The molecule has 0 aliphatic heterocycles. The fourth-order valence-corrected chi connectivity index (χ4v) is 3.82. The Balaban J connectivity index is 1.51. The zero-order chi connectivity index (χ0) is 23.1. The molecule has 0 saturated heterocycles. The summed E-state index contributed by atoms with van der Waals surface area (Å²) in [6.45, 7) is 7.47. The Morgan fingerprint density at radius 1 is 0.906 bits per heavy atom. The molecule has 7 heteroatoms. The van der Waals surface area contributed by atoms with Gasteiger partial charge in [0.15, 0.2) is 5.16 Å². The van der Waals surface area contributed by atoms with Gasteiger partial charge in [-0.05, 0) is 89.6 Å². The van der Waals surface area contributed by atoms with Crippen LogP contribution in [0.1, 0.15) is 59.3 Å². The number of aromatic nitrogens is 2. The highest BCUT2D eigenvalue weighted by atomic mass is 32.2. The molecule has 1 aromatic heterocycles. The van der Waals surface area contributed by atoms with Crippen LogP contribution in [0.5, 0.6) is 11.5 Å². The monoisotopic (exact) mass is 460 g/mol. The van der Waals surface area contributed by atoms with Gasteiger partial charge in [0.2, 0.25) is 0 Å². The number of benzene rings is 1. The van der Waals surface area contributed by atoms with Crippen LogP contribution in [-0.4, -0.2) is 41.5 Å². The van der Waals surface area contributed by atoms with E-state index in [1.54, 1.807) is 24.2 Å². The molecule has 2 rings (SSSR count). The van der Waals surface area contributed by atoms with E-state index >= 15 is 0 Å². The molecule has 0 bridgehead atoms. The molecule has 0 unspecified atom stereocenters. The Morgan fingerprint density at radius 3 is 2.09 bits per heavy atom. The third kappa shape index (κ3) is 10.4. The van der Waals surface area contributed by atoms with Gasteiger partial charge in [-0.15, -0.1) is 0 Å². The lowest BCUT2D eigenvalue weighted by atomic mass is 9.87. The van der Waals surface area contributed by atoms with Crippen LogP contribution in [0.2, 0.25) is 0 Å². The van der Waals surface area contributed by atoms with E-state index in [1.165, 1.54) is 0 Å². The summed E-state index contributed by atoms with van der Waals surface area (Å²) in [5.41, 5.74) is -0.440. The Bertz CT molecular complexity index is 769. The number of nitrogens with zero attached hydrogens (tertiary/aromatic N) is 2. The van der Waals surface area contributed by atoms with Crippen molar-refractivity contribution in [2.24, 2.45) is 5.41 Å². The van der Waals surface area contributed by atoms with Gasteiger partial charge < -0.3 is 14.2 Å². The highest BCUT2D eigenvalue weighted by Gasteiger charge is 2.28. The topological polar surface area (TPSA) is 70.5 Å². The predicted molar refractivity (Wildman–Crippen MR) is 128 cm³/mol. The summed E-state index contributed by atoms with van der Waals surface area (Å²) in [6, 6.07) is 9.60. The van der Waals surface area contributed by atoms with Crippen molar-refractivity contribution in [3.05, 3.63) is 42.7 Å². The van der Waals surface area contributed by atoms with Crippen LogP contribution in [0.15, 0.2) is 47.9 Å². The SMILES string of the molecule is CCOC(=O)C(C)(C)CCCCOc1ccc(OCCCCCSc2ncccn2)cc1. The van der Waals surface area contributed by atoms with Crippen LogP contribution in [-0.2, 0) is 9.53 Å². The van der Waals surface area contributed by atoms with Gasteiger partial charge in [-0.25, -0.2) is 9.97 Å². The van der Waals surface area contributed by atoms with Gasteiger partial charge in [-0.1, -0.05) is 11.8 Å². The molecule has 0 aliphatic carbocycles. The molecular formula is C25H36N2O4S. The molecule has 2 aromatic rings. The molecule has 1 heterocycles. The predicted octanol–water partition coefficient (Wildman–Crippen LogP) is 5.96. The number of unbranched alkanes of at least 4 members (excludes halogenated alkanes) is 3. The third-order valence-electron chi connectivity index (χ3n) is 4.95. The van der Waals surface area contributed by atoms with Gasteiger partial charge in [0.05, 0.1) is 25.2 Å². The Hall–Kier alpha value is -2.28. The molecule has 0 atom stereocenters. The molecule has 0 spiro atoms. The average molecular weight is 461 g/mol. The summed E-state index contributed by atoms with van der Waals surface area (Å²) >= 11 is 1.69. The maximum atomic E-state index is 11.9. The van der Waals surface area contributed by atoms with E-state index in [4.69, 9.17) is 14.2 Å². The van der Waals surface area contributed by atoms with Crippen molar-refractivity contribution in [1.29, 1.82) is 0 Å². The number of rotatable bonds is 16.